The Morgan fingerprint density at radius 1 is 0.865 bits per heavy atom. The number of carbonyl (C=O) groups excluding carboxylic acids is 2. The molecule has 0 aromatic heterocycles. The van der Waals surface area contributed by atoms with Gasteiger partial charge in [0.1, 0.15) is 44.8 Å². The van der Waals surface area contributed by atoms with Crippen molar-refractivity contribution in [1.29, 1.82) is 0 Å². The van der Waals surface area contributed by atoms with Crippen molar-refractivity contribution in [3.63, 3.8) is 0 Å². The highest BCUT2D eigenvalue weighted by Gasteiger charge is 2.32. The maximum absolute atomic E-state index is 14.4. The molecule has 0 aliphatic rings. The lowest BCUT2D eigenvalue weighted by atomic mass is 10.3. The van der Waals surface area contributed by atoms with Crippen LogP contribution < -0.4 is 10.1 Å². The minimum atomic E-state index is -5.81. The van der Waals surface area contributed by atoms with Gasteiger partial charge in [0.2, 0.25) is 11.6 Å². The summed E-state index contributed by atoms with van der Waals surface area (Å²) in [5, 5.41) is 2.13. The number of alkyl carbamates (subject to hydrolysis) is 1. The van der Waals surface area contributed by atoms with Gasteiger partial charge in [-0.3, -0.25) is 0 Å². The molecule has 0 aliphatic carbocycles. The van der Waals surface area contributed by atoms with E-state index in [9.17, 15) is 44.0 Å². The molecule has 1 amide bonds. The molecule has 0 heterocycles. The number of nitrogens with one attached hydrogen (secondary N) is 1. The van der Waals surface area contributed by atoms with Crippen LogP contribution in [0, 0.1) is 23.3 Å². The van der Waals surface area contributed by atoms with Crippen molar-refractivity contribution in [2.75, 3.05) is 26.4 Å². The van der Waals surface area contributed by atoms with Gasteiger partial charge in [-0.05, 0) is 12.1 Å². The van der Waals surface area contributed by atoms with Gasteiger partial charge in [0, 0.05) is 11.0 Å². The van der Waals surface area contributed by atoms with Gasteiger partial charge >= 0.3 is 12.1 Å². The van der Waals surface area contributed by atoms with Crippen LogP contribution in [0.1, 0.15) is 0 Å². The lowest BCUT2D eigenvalue weighted by molar-refractivity contribution is -0.137. The molecular formula is C20H17F4N2O9S2-. The number of sulfonamides is 2. The van der Waals surface area contributed by atoms with E-state index < -0.39 is 84.1 Å². The lowest BCUT2D eigenvalue weighted by Gasteiger charge is -2.22. The SMILES string of the molecule is C=CC(=O)OCCNC(=O)OCCOc1c(F)c(F)c(S(=O)(=O)[N-]S(=O)(=O)c2ccccc2)c(F)c1F. The quantitative estimate of drug-likeness (QED) is 0.133. The average Bonchev–Trinajstić information content (AvgIpc) is 2.84. The van der Waals surface area contributed by atoms with E-state index in [1.54, 1.807) is 0 Å². The number of hydrogen-bond acceptors (Lipinski definition) is 9. The molecule has 0 bridgehead atoms. The maximum atomic E-state index is 14.4. The third kappa shape index (κ3) is 7.64. The molecule has 0 atom stereocenters. The number of amides is 1. The topological polar surface area (TPSA) is 156 Å². The molecule has 0 saturated heterocycles. The summed E-state index contributed by atoms with van der Waals surface area (Å²) >= 11 is 0. The Morgan fingerprint density at radius 2 is 1.46 bits per heavy atom. The Labute approximate surface area is 208 Å². The van der Waals surface area contributed by atoms with Gasteiger partial charge in [0.15, 0.2) is 17.4 Å². The number of benzene rings is 2. The third-order valence-electron chi connectivity index (χ3n) is 4.02. The number of esters is 1. The van der Waals surface area contributed by atoms with Gasteiger partial charge in [0.05, 0.1) is 6.54 Å². The van der Waals surface area contributed by atoms with Crippen LogP contribution in [-0.4, -0.2) is 55.3 Å². The first-order valence-corrected chi connectivity index (χ1v) is 12.7. The van der Waals surface area contributed by atoms with E-state index in [1.807, 2.05) is 0 Å². The summed E-state index contributed by atoms with van der Waals surface area (Å²) in [7, 11) is -10.8. The van der Waals surface area contributed by atoms with Gasteiger partial charge < -0.3 is 23.7 Å². The first-order valence-electron chi connectivity index (χ1n) is 9.79. The lowest BCUT2D eigenvalue weighted by Crippen LogP contribution is -2.29. The van der Waals surface area contributed by atoms with Crippen molar-refractivity contribution in [2.24, 2.45) is 0 Å². The Morgan fingerprint density at radius 3 is 2.03 bits per heavy atom. The molecule has 2 rings (SSSR count). The molecule has 0 fully saturated rings. The minimum Gasteiger partial charge on any atom is -0.484 e. The number of nitrogens with zero attached hydrogens (tertiary/aromatic N) is 1. The normalized spacial score (nSPS) is 11.5. The van der Waals surface area contributed by atoms with Crippen LogP contribution in [0.25, 0.3) is 4.13 Å². The summed E-state index contributed by atoms with van der Waals surface area (Å²) in [6.07, 6.45) is -0.178. The average molecular weight is 569 g/mol. The summed E-state index contributed by atoms with van der Waals surface area (Å²) in [4.78, 5) is 19.3. The Bertz CT molecular complexity index is 1360. The fourth-order valence-corrected chi connectivity index (χ4v) is 5.25. The van der Waals surface area contributed by atoms with Crippen LogP contribution in [0.3, 0.4) is 0 Å². The van der Waals surface area contributed by atoms with E-state index in [0.717, 1.165) is 18.2 Å². The predicted molar refractivity (Wildman–Crippen MR) is 116 cm³/mol. The molecule has 37 heavy (non-hydrogen) atoms. The Hall–Kier alpha value is -3.70. The van der Waals surface area contributed by atoms with Crippen LogP contribution in [0.2, 0.25) is 0 Å². The fraction of sp³-hybridized carbons (Fsp3) is 0.200. The zero-order valence-electron chi connectivity index (χ0n) is 18.4. The van der Waals surface area contributed by atoms with E-state index in [-0.39, 0.29) is 13.2 Å². The molecule has 11 nitrogen and oxygen atoms in total. The molecule has 0 radical (unpaired) electrons. The van der Waals surface area contributed by atoms with Crippen molar-refractivity contribution in [1.82, 2.24) is 5.32 Å². The van der Waals surface area contributed by atoms with Gasteiger partial charge in [0.25, 0.3) is 0 Å². The van der Waals surface area contributed by atoms with E-state index >= 15 is 0 Å². The highest BCUT2D eigenvalue weighted by Crippen LogP contribution is 2.36. The highest BCUT2D eigenvalue weighted by atomic mass is 32.3. The Kier molecular flexibility index (Phi) is 9.98. The highest BCUT2D eigenvalue weighted by molar-refractivity contribution is 8.12. The summed E-state index contributed by atoms with van der Waals surface area (Å²) < 4.78 is 123. The van der Waals surface area contributed by atoms with E-state index in [0.29, 0.717) is 0 Å². The van der Waals surface area contributed by atoms with Gasteiger partial charge in [-0.15, -0.1) is 0 Å². The molecule has 0 unspecified atom stereocenters. The number of carbonyl (C=O) groups is 2. The second-order valence-electron chi connectivity index (χ2n) is 6.53. The molecular weight excluding hydrogens is 552 g/mol. The minimum absolute atomic E-state index is 0.167. The number of ether oxygens (including phenoxy) is 3. The van der Waals surface area contributed by atoms with Crippen LogP contribution in [0.4, 0.5) is 22.4 Å². The molecule has 0 aliphatic heterocycles. The van der Waals surface area contributed by atoms with E-state index in [4.69, 9.17) is 0 Å². The number of rotatable bonds is 12. The van der Waals surface area contributed by atoms with Crippen molar-refractivity contribution in [3.8, 4) is 5.75 Å². The van der Waals surface area contributed by atoms with Crippen molar-refractivity contribution in [3.05, 3.63) is 70.4 Å². The maximum Gasteiger partial charge on any atom is 0.407 e. The zero-order chi connectivity index (χ0) is 27.8. The fourth-order valence-electron chi connectivity index (χ4n) is 2.44. The zero-order valence-corrected chi connectivity index (χ0v) is 20.1. The summed E-state index contributed by atoms with van der Waals surface area (Å²) in [6, 6.07) is 5.65. The summed E-state index contributed by atoms with van der Waals surface area (Å²) in [5.74, 6) is -12.0. The molecule has 1 N–H and O–H groups in total. The van der Waals surface area contributed by atoms with Gasteiger partial charge in [-0.1, -0.05) is 24.8 Å². The molecule has 0 spiro atoms. The van der Waals surface area contributed by atoms with E-state index in [1.165, 1.54) is 18.2 Å². The summed E-state index contributed by atoms with van der Waals surface area (Å²) in [6.45, 7) is 1.23. The van der Waals surface area contributed by atoms with Gasteiger partial charge in [-0.25, -0.2) is 35.2 Å². The van der Waals surface area contributed by atoms with Gasteiger partial charge in [-0.2, -0.15) is 8.78 Å². The van der Waals surface area contributed by atoms with Crippen LogP contribution in [-0.2, 0) is 34.3 Å². The standard InChI is InChI=1S/C20H17F4N2O9S2/c1-2-13(27)33-9-8-25-20(28)35-11-10-34-18-14(21)16(23)19(17(24)15(18)22)37(31,32)26-36(29,30)12-6-4-3-5-7-12/h2-7H,1,8-11H2,(H,25,28)/q-1. The molecule has 17 heteroatoms. The first-order chi connectivity index (χ1) is 17.3. The van der Waals surface area contributed by atoms with E-state index in [2.05, 4.69) is 30.2 Å². The number of hydrogen-bond donors (Lipinski definition) is 1. The van der Waals surface area contributed by atoms with Crippen molar-refractivity contribution < 1.29 is 58.2 Å². The summed E-state index contributed by atoms with van der Waals surface area (Å²) in [5.41, 5.74) is 0. The van der Waals surface area contributed by atoms with Crippen molar-refractivity contribution in [2.45, 2.75) is 9.79 Å². The molecule has 2 aromatic rings. The molecule has 2 aromatic carbocycles. The third-order valence-corrected chi connectivity index (χ3v) is 7.34. The van der Waals surface area contributed by atoms with Crippen LogP contribution in [0.15, 0.2) is 52.8 Å². The van der Waals surface area contributed by atoms with Crippen molar-refractivity contribution >= 4 is 32.1 Å². The second kappa shape index (κ2) is 12.5. The second-order valence-corrected chi connectivity index (χ2v) is 9.91. The van der Waals surface area contributed by atoms with Crippen LogP contribution in [0.5, 0.6) is 5.75 Å². The number of halogens is 4. The Balaban J connectivity index is 2.09. The molecule has 0 saturated carbocycles. The monoisotopic (exact) mass is 569 g/mol. The predicted octanol–water partition coefficient (Wildman–Crippen LogP) is 2.53. The smallest absolute Gasteiger partial charge is 0.407 e. The van der Waals surface area contributed by atoms with Crippen LogP contribution >= 0.6 is 0 Å². The molecule has 202 valence electrons. The largest absolute Gasteiger partial charge is 0.484 e. The first kappa shape index (κ1) is 29.5.